The molecule has 0 aromatic carbocycles. The third-order valence-corrected chi connectivity index (χ3v) is 7.74. The molecule has 0 bridgehead atoms. The maximum Gasteiger partial charge on any atom is 0.407 e. The van der Waals surface area contributed by atoms with Crippen molar-refractivity contribution in [2.24, 2.45) is 11.3 Å². The SMILES string of the molecule is COC(CNC(=O)CC(CC(C)C)Nc1nc(N2CCC3(CN(C(=O)O)C3)C2)nc2c1CCCC2)OC. The Kier molecular flexibility index (Phi) is 8.74. The molecule has 2 saturated heterocycles. The summed E-state index contributed by atoms with van der Waals surface area (Å²) in [5, 5.41) is 15.8. The van der Waals surface area contributed by atoms with Crippen LogP contribution in [-0.4, -0.2) is 91.3 Å². The van der Waals surface area contributed by atoms with E-state index in [9.17, 15) is 14.7 Å². The normalized spacial score (nSPS) is 19.2. The Morgan fingerprint density at radius 3 is 2.51 bits per heavy atom. The van der Waals surface area contributed by atoms with E-state index in [2.05, 4.69) is 29.4 Å². The number of carbonyl (C=O) groups is 2. The van der Waals surface area contributed by atoms with Gasteiger partial charge in [-0.25, -0.2) is 9.78 Å². The second-order valence-electron chi connectivity index (χ2n) is 11.2. The third-order valence-electron chi connectivity index (χ3n) is 7.74. The van der Waals surface area contributed by atoms with E-state index < -0.39 is 12.4 Å². The zero-order chi connectivity index (χ0) is 26.6. The van der Waals surface area contributed by atoms with Crippen LogP contribution < -0.4 is 15.5 Å². The van der Waals surface area contributed by atoms with Crippen LogP contribution >= 0.6 is 0 Å². The van der Waals surface area contributed by atoms with Gasteiger partial charge in [-0.15, -0.1) is 0 Å². The fourth-order valence-electron chi connectivity index (χ4n) is 5.82. The van der Waals surface area contributed by atoms with Gasteiger partial charge in [0.25, 0.3) is 0 Å². The van der Waals surface area contributed by atoms with E-state index in [0.717, 1.165) is 68.7 Å². The van der Waals surface area contributed by atoms with Gasteiger partial charge in [-0.3, -0.25) is 4.79 Å². The minimum Gasteiger partial charge on any atom is -0.465 e. The first-order valence-corrected chi connectivity index (χ1v) is 13.4. The van der Waals surface area contributed by atoms with E-state index >= 15 is 0 Å². The smallest absolute Gasteiger partial charge is 0.407 e. The van der Waals surface area contributed by atoms with Gasteiger partial charge in [-0.1, -0.05) is 13.8 Å². The molecule has 3 heterocycles. The molecule has 2 amide bonds. The number of ether oxygens (including phenoxy) is 2. The molecule has 1 spiro atoms. The number of amides is 2. The first-order valence-electron chi connectivity index (χ1n) is 13.4. The molecular formula is C26H42N6O5. The Bertz CT molecular complexity index is 963. The fraction of sp³-hybridized carbons (Fsp3) is 0.769. The second-order valence-corrected chi connectivity index (χ2v) is 11.2. The summed E-state index contributed by atoms with van der Waals surface area (Å²) in [5.74, 6) is 1.90. The number of nitrogens with one attached hydrogen (secondary N) is 2. The Morgan fingerprint density at radius 1 is 1.11 bits per heavy atom. The highest BCUT2D eigenvalue weighted by Crippen LogP contribution is 2.41. The number of hydrogen-bond donors (Lipinski definition) is 3. The van der Waals surface area contributed by atoms with Crippen molar-refractivity contribution in [3.8, 4) is 0 Å². The van der Waals surface area contributed by atoms with Gasteiger partial charge in [-0.2, -0.15) is 4.98 Å². The van der Waals surface area contributed by atoms with Crippen LogP contribution in [0, 0.1) is 11.3 Å². The maximum atomic E-state index is 12.8. The van der Waals surface area contributed by atoms with Gasteiger partial charge >= 0.3 is 6.09 Å². The summed E-state index contributed by atoms with van der Waals surface area (Å²) >= 11 is 0. The van der Waals surface area contributed by atoms with Gasteiger partial charge in [-0.05, 0) is 44.4 Å². The molecule has 37 heavy (non-hydrogen) atoms. The van der Waals surface area contributed by atoms with Crippen molar-refractivity contribution in [1.29, 1.82) is 0 Å². The molecule has 11 heteroatoms. The summed E-state index contributed by atoms with van der Waals surface area (Å²) in [5.41, 5.74) is 2.26. The van der Waals surface area contributed by atoms with Crippen molar-refractivity contribution in [3.63, 3.8) is 0 Å². The lowest BCUT2D eigenvalue weighted by Crippen LogP contribution is -2.59. The van der Waals surface area contributed by atoms with Crippen LogP contribution in [0.1, 0.15) is 57.2 Å². The summed E-state index contributed by atoms with van der Waals surface area (Å²) in [4.78, 5) is 37.7. The van der Waals surface area contributed by atoms with Crippen LogP contribution in [0.25, 0.3) is 0 Å². The van der Waals surface area contributed by atoms with Gasteiger partial charge in [0.15, 0.2) is 6.29 Å². The number of hydrogen-bond acceptors (Lipinski definition) is 8. The predicted molar refractivity (Wildman–Crippen MR) is 140 cm³/mol. The average Bonchev–Trinajstić information content (AvgIpc) is 3.29. The van der Waals surface area contributed by atoms with Gasteiger partial charge < -0.3 is 35.0 Å². The molecule has 3 aliphatic rings. The summed E-state index contributed by atoms with van der Waals surface area (Å²) in [6.07, 6.45) is 4.85. The molecule has 11 nitrogen and oxygen atoms in total. The van der Waals surface area contributed by atoms with E-state index in [1.807, 2.05) is 0 Å². The largest absolute Gasteiger partial charge is 0.465 e. The number of methoxy groups -OCH3 is 2. The third kappa shape index (κ3) is 6.62. The lowest BCUT2D eigenvalue weighted by atomic mass is 9.79. The number of anilines is 2. The van der Waals surface area contributed by atoms with Gasteiger partial charge in [0, 0.05) is 63.8 Å². The molecule has 0 saturated carbocycles. The van der Waals surface area contributed by atoms with Crippen LogP contribution in [0.15, 0.2) is 0 Å². The minimum atomic E-state index is -0.846. The molecule has 4 rings (SSSR count). The van der Waals surface area contributed by atoms with Crippen molar-refractivity contribution < 1.29 is 24.2 Å². The van der Waals surface area contributed by atoms with E-state index in [0.29, 0.717) is 37.9 Å². The average molecular weight is 519 g/mol. The summed E-state index contributed by atoms with van der Waals surface area (Å²) in [6.45, 7) is 7.35. The van der Waals surface area contributed by atoms with Gasteiger partial charge in [0.2, 0.25) is 11.9 Å². The van der Waals surface area contributed by atoms with Crippen molar-refractivity contribution in [2.45, 2.75) is 71.1 Å². The lowest BCUT2D eigenvalue weighted by molar-refractivity contribution is -0.127. The number of carbonyl (C=O) groups excluding carboxylic acids is 1. The number of aryl methyl sites for hydroxylation is 1. The Hall–Kier alpha value is -2.66. The number of rotatable bonds is 11. The van der Waals surface area contributed by atoms with Crippen molar-refractivity contribution in [1.82, 2.24) is 20.2 Å². The Morgan fingerprint density at radius 2 is 1.84 bits per heavy atom. The van der Waals surface area contributed by atoms with Crippen LogP contribution in [0.2, 0.25) is 0 Å². The molecule has 1 atom stereocenters. The van der Waals surface area contributed by atoms with Gasteiger partial charge in [0.05, 0.1) is 12.2 Å². The molecular weight excluding hydrogens is 476 g/mol. The zero-order valence-electron chi connectivity index (χ0n) is 22.6. The van der Waals surface area contributed by atoms with Crippen LogP contribution in [0.4, 0.5) is 16.6 Å². The summed E-state index contributed by atoms with van der Waals surface area (Å²) in [7, 11) is 3.10. The van der Waals surface area contributed by atoms with E-state index in [4.69, 9.17) is 19.4 Å². The molecule has 3 N–H and O–H groups in total. The topological polar surface area (TPSA) is 129 Å². The fourth-order valence-corrected chi connectivity index (χ4v) is 5.82. The first kappa shape index (κ1) is 27.4. The van der Waals surface area contributed by atoms with E-state index in [1.165, 1.54) is 4.90 Å². The van der Waals surface area contributed by atoms with E-state index in [1.54, 1.807) is 14.2 Å². The molecule has 0 radical (unpaired) electrons. The van der Waals surface area contributed by atoms with Crippen LogP contribution in [0.3, 0.4) is 0 Å². The molecule has 2 aliphatic heterocycles. The lowest BCUT2D eigenvalue weighted by Gasteiger charge is -2.46. The highest BCUT2D eigenvalue weighted by atomic mass is 16.7. The van der Waals surface area contributed by atoms with Crippen molar-refractivity contribution in [2.75, 3.05) is 57.2 Å². The number of aromatic nitrogens is 2. The molecule has 2 fully saturated rings. The van der Waals surface area contributed by atoms with Crippen molar-refractivity contribution in [3.05, 3.63) is 11.3 Å². The quantitative estimate of drug-likeness (QED) is 0.378. The number of fused-ring (bicyclic) bond motifs is 1. The van der Waals surface area contributed by atoms with Crippen LogP contribution in [-0.2, 0) is 27.1 Å². The highest BCUT2D eigenvalue weighted by Gasteiger charge is 2.50. The first-order chi connectivity index (χ1) is 17.7. The van der Waals surface area contributed by atoms with E-state index in [-0.39, 0.29) is 17.4 Å². The molecule has 206 valence electrons. The molecule has 1 aliphatic carbocycles. The second kappa shape index (κ2) is 11.8. The number of likely N-dealkylation sites (tertiary alicyclic amines) is 1. The monoisotopic (exact) mass is 518 g/mol. The number of nitrogens with zero attached hydrogens (tertiary/aromatic N) is 4. The predicted octanol–water partition coefficient (Wildman–Crippen LogP) is 2.50. The Balaban J connectivity index is 1.49. The highest BCUT2D eigenvalue weighted by molar-refractivity contribution is 5.77. The maximum absolute atomic E-state index is 12.8. The Labute approximate surface area is 219 Å². The summed E-state index contributed by atoms with van der Waals surface area (Å²) in [6, 6.07) is -0.0713. The minimum absolute atomic E-state index is 0.00573. The molecule has 1 aromatic heterocycles. The van der Waals surface area contributed by atoms with Gasteiger partial charge in [0.1, 0.15) is 5.82 Å². The molecule has 1 unspecified atom stereocenters. The summed E-state index contributed by atoms with van der Waals surface area (Å²) < 4.78 is 10.4. The van der Waals surface area contributed by atoms with Crippen molar-refractivity contribution >= 4 is 23.8 Å². The standard InChI is InChI=1S/C26H42N6O5/c1-17(2)11-18(12-21(33)27-13-22(36-3)37-4)28-23-19-7-5-6-8-20(19)29-24(30-23)31-10-9-26(14-31)15-32(16-26)25(34)35/h17-18,22H,5-16H2,1-4H3,(H,27,33)(H,34,35)(H,28,29,30). The number of carboxylic acid groups (broad SMARTS) is 1. The van der Waals surface area contributed by atoms with Crippen LogP contribution in [0.5, 0.6) is 0 Å². The molecule has 1 aromatic rings. The zero-order valence-corrected chi connectivity index (χ0v) is 22.6.